The van der Waals surface area contributed by atoms with Crippen LogP contribution in [0.1, 0.15) is 31.7 Å². The Balaban J connectivity index is 1.40. The first kappa shape index (κ1) is 28.4. The van der Waals surface area contributed by atoms with Gasteiger partial charge in [-0.15, -0.1) is 11.3 Å². The monoisotopic (exact) mass is 627 g/mol. The lowest BCUT2D eigenvalue weighted by molar-refractivity contribution is 0.107. The van der Waals surface area contributed by atoms with Crippen molar-refractivity contribution in [2.45, 2.75) is 43.9 Å². The lowest BCUT2D eigenvalue weighted by Crippen LogP contribution is -2.50. The van der Waals surface area contributed by atoms with Crippen molar-refractivity contribution in [3.63, 3.8) is 0 Å². The molecule has 0 spiro atoms. The van der Waals surface area contributed by atoms with E-state index in [1.807, 2.05) is 13.0 Å². The van der Waals surface area contributed by atoms with Crippen LogP contribution in [-0.4, -0.2) is 72.0 Å². The first-order valence-electron chi connectivity index (χ1n) is 14.3. The number of fused-ring (bicyclic) bond motifs is 3. The number of anilines is 2. The van der Waals surface area contributed by atoms with Crippen LogP contribution in [0.2, 0.25) is 5.02 Å². The number of halogens is 4. The largest absolute Gasteiger partial charge is 0.461 e. The van der Waals surface area contributed by atoms with Crippen LogP contribution in [0.3, 0.4) is 0 Å². The van der Waals surface area contributed by atoms with Crippen molar-refractivity contribution in [1.29, 1.82) is 5.26 Å². The van der Waals surface area contributed by atoms with Crippen LogP contribution in [0.25, 0.3) is 32.1 Å². The minimum atomic E-state index is -0.919. The van der Waals surface area contributed by atoms with Crippen molar-refractivity contribution < 1.29 is 17.9 Å². The second-order valence-corrected chi connectivity index (χ2v) is 13.1. The molecule has 0 aliphatic carbocycles. The van der Waals surface area contributed by atoms with E-state index in [4.69, 9.17) is 27.1 Å². The fraction of sp³-hybridized carbons (Fsp3) is 0.433. The number of nitrogens with two attached hydrogens (primary N) is 1. The second-order valence-electron chi connectivity index (χ2n) is 11.6. The number of aromatic nitrogens is 2. The predicted molar refractivity (Wildman–Crippen MR) is 163 cm³/mol. The molecule has 13 heteroatoms. The summed E-state index contributed by atoms with van der Waals surface area (Å²) in [7, 11) is 0. The molecule has 3 N–H and O–H groups in total. The minimum absolute atomic E-state index is 0.00863. The Bertz CT molecular complexity index is 1810. The van der Waals surface area contributed by atoms with Gasteiger partial charge in [0, 0.05) is 55.0 Å². The number of thiophene rings is 1. The summed E-state index contributed by atoms with van der Waals surface area (Å²) >= 11 is 7.72. The Morgan fingerprint density at radius 1 is 1.30 bits per heavy atom. The number of rotatable bonds is 5. The molecule has 2 aromatic carbocycles. The highest BCUT2D eigenvalue weighted by Gasteiger charge is 2.49. The SMILES string of the molecule is C[C@H]1CNCCN1c1nc(OC[C@@]23CCCN2C[C@H](F)C3)nc2c(F)c(-c3ccc(F)c4sc(N)c(C#N)c34)c(Cl)cc12. The van der Waals surface area contributed by atoms with Crippen molar-refractivity contribution >= 4 is 54.7 Å². The second kappa shape index (κ2) is 10.7. The minimum Gasteiger partial charge on any atom is -0.461 e. The molecule has 3 aliphatic rings. The molecule has 3 aliphatic heterocycles. The van der Waals surface area contributed by atoms with Crippen LogP contribution >= 0.6 is 22.9 Å². The van der Waals surface area contributed by atoms with Crippen molar-refractivity contribution in [3.8, 4) is 23.2 Å². The molecule has 224 valence electrons. The van der Waals surface area contributed by atoms with Gasteiger partial charge in [0.05, 0.1) is 20.8 Å². The summed E-state index contributed by atoms with van der Waals surface area (Å²) in [6, 6.07) is 6.28. The molecule has 0 amide bonds. The van der Waals surface area contributed by atoms with E-state index >= 15 is 4.39 Å². The van der Waals surface area contributed by atoms with Gasteiger partial charge in [-0.1, -0.05) is 17.7 Å². The highest BCUT2D eigenvalue weighted by atomic mass is 35.5. The number of nitrogen functional groups attached to an aromatic ring is 1. The molecule has 0 bridgehead atoms. The third-order valence-corrected chi connectivity index (χ3v) is 10.4. The summed E-state index contributed by atoms with van der Waals surface area (Å²) in [4.78, 5) is 13.5. The molecule has 0 radical (unpaired) electrons. The lowest BCUT2D eigenvalue weighted by Gasteiger charge is -2.36. The Hall–Kier alpha value is -3.37. The van der Waals surface area contributed by atoms with Crippen LogP contribution in [0.15, 0.2) is 18.2 Å². The topological polar surface area (TPSA) is 103 Å². The number of hydrogen-bond donors (Lipinski definition) is 2. The fourth-order valence-corrected chi connectivity index (χ4v) is 8.25. The Morgan fingerprint density at radius 2 is 2.14 bits per heavy atom. The van der Waals surface area contributed by atoms with E-state index in [0.29, 0.717) is 43.8 Å². The Kier molecular flexibility index (Phi) is 7.04. The Labute approximate surface area is 255 Å². The number of nitriles is 1. The van der Waals surface area contributed by atoms with Crippen molar-refractivity contribution in [3.05, 3.63) is 40.4 Å². The molecule has 0 unspecified atom stereocenters. The highest BCUT2D eigenvalue weighted by molar-refractivity contribution is 7.23. The molecule has 8 nitrogen and oxygen atoms in total. The van der Waals surface area contributed by atoms with Crippen molar-refractivity contribution in [1.82, 2.24) is 20.2 Å². The molecule has 2 aromatic heterocycles. The maximum atomic E-state index is 16.8. The standard InChI is InChI=1S/C30H29ClF3N7OS/c1-15-12-37-6-8-41(15)28-18-9-20(31)23(17-3-4-21(33)26-22(17)19(11-35)27(36)43-26)24(34)25(18)38-29(39-28)42-14-30-5-2-7-40(30)13-16(32)10-30/h3-4,9,15-16,37H,2,5-8,10,12-14,36H2,1H3/t15-,16+,30-/m0/s1. The molecular formula is C30H29ClF3N7OS. The number of alkyl halides is 1. The molecule has 5 heterocycles. The first-order valence-corrected chi connectivity index (χ1v) is 15.5. The lowest BCUT2D eigenvalue weighted by atomic mass is 9.95. The molecule has 3 saturated heterocycles. The molecule has 3 fully saturated rings. The van der Waals surface area contributed by atoms with Crippen LogP contribution in [0.4, 0.5) is 24.0 Å². The van der Waals surface area contributed by atoms with Gasteiger partial charge in [0.2, 0.25) is 0 Å². The zero-order valence-electron chi connectivity index (χ0n) is 23.4. The van der Waals surface area contributed by atoms with E-state index in [-0.39, 0.29) is 61.0 Å². The third kappa shape index (κ3) is 4.56. The van der Waals surface area contributed by atoms with Gasteiger partial charge in [-0.25, -0.2) is 13.2 Å². The number of hydrogen-bond acceptors (Lipinski definition) is 9. The van der Waals surface area contributed by atoms with Crippen molar-refractivity contribution in [2.75, 3.05) is 50.0 Å². The van der Waals surface area contributed by atoms with Gasteiger partial charge in [-0.2, -0.15) is 15.2 Å². The third-order valence-electron chi connectivity index (χ3n) is 9.05. The number of piperazine rings is 1. The van der Waals surface area contributed by atoms with Gasteiger partial charge >= 0.3 is 6.01 Å². The maximum absolute atomic E-state index is 16.8. The molecule has 3 atom stereocenters. The van der Waals surface area contributed by atoms with Crippen LogP contribution < -0.4 is 20.7 Å². The van der Waals surface area contributed by atoms with Gasteiger partial charge in [0.25, 0.3) is 0 Å². The highest BCUT2D eigenvalue weighted by Crippen LogP contribution is 2.46. The summed E-state index contributed by atoms with van der Waals surface area (Å²) < 4.78 is 52.3. The van der Waals surface area contributed by atoms with E-state index in [0.717, 1.165) is 30.7 Å². The van der Waals surface area contributed by atoms with Gasteiger partial charge in [-0.05, 0) is 44.0 Å². The van der Waals surface area contributed by atoms with Crippen molar-refractivity contribution in [2.24, 2.45) is 0 Å². The number of nitrogens with zero attached hydrogens (tertiary/aromatic N) is 5. The number of benzene rings is 2. The first-order chi connectivity index (χ1) is 20.7. The average molecular weight is 628 g/mol. The number of ether oxygens (including phenoxy) is 1. The van der Waals surface area contributed by atoms with Crippen LogP contribution in [-0.2, 0) is 0 Å². The average Bonchev–Trinajstić information content (AvgIpc) is 3.62. The van der Waals surface area contributed by atoms with E-state index in [1.165, 1.54) is 12.1 Å². The quantitative estimate of drug-likeness (QED) is 0.293. The van der Waals surface area contributed by atoms with Gasteiger partial charge in [0.1, 0.15) is 41.0 Å². The van der Waals surface area contributed by atoms with Gasteiger partial charge in [-0.3, -0.25) is 4.90 Å². The molecule has 43 heavy (non-hydrogen) atoms. The normalized spacial score (nSPS) is 24.1. The molecule has 7 rings (SSSR count). The number of nitrogens with one attached hydrogen (secondary N) is 1. The molecular weight excluding hydrogens is 599 g/mol. The zero-order chi connectivity index (χ0) is 30.0. The summed E-state index contributed by atoms with van der Waals surface area (Å²) in [6.45, 7) is 5.46. The zero-order valence-corrected chi connectivity index (χ0v) is 25.0. The summed E-state index contributed by atoms with van der Waals surface area (Å²) in [6.07, 6.45) is 1.22. The van der Waals surface area contributed by atoms with Gasteiger partial charge in [0.15, 0.2) is 5.82 Å². The van der Waals surface area contributed by atoms with E-state index in [2.05, 4.69) is 20.1 Å². The fourth-order valence-electron chi connectivity index (χ4n) is 7.00. The van der Waals surface area contributed by atoms with Gasteiger partial charge < -0.3 is 20.7 Å². The summed E-state index contributed by atoms with van der Waals surface area (Å²) in [5.74, 6) is -0.825. The molecule has 4 aromatic rings. The van der Waals surface area contributed by atoms with E-state index in [1.54, 1.807) is 6.07 Å². The Morgan fingerprint density at radius 3 is 2.93 bits per heavy atom. The molecule has 0 saturated carbocycles. The van der Waals surface area contributed by atoms with Crippen LogP contribution in [0, 0.1) is 23.0 Å². The van der Waals surface area contributed by atoms with Crippen LogP contribution in [0.5, 0.6) is 6.01 Å². The maximum Gasteiger partial charge on any atom is 0.319 e. The van der Waals surface area contributed by atoms with E-state index < -0.39 is 23.3 Å². The summed E-state index contributed by atoms with van der Waals surface area (Å²) in [5, 5.41) is 14.0. The van der Waals surface area contributed by atoms with E-state index in [9.17, 15) is 14.0 Å². The predicted octanol–water partition coefficient (Wildman–Crippen LogP) is 5.65. The smallest absolute Gasteiger partial charge is 0.319 e. The summed E-state index contributed by atoms with van der Waals surface area (Å²) in [5.41, 5.74) is 5.88.